The van der Waals surface area contributed by atoms with Crippen LogP contribution in [0.1, 0.15) is 80.4 Å². The maximum atomic E-state index is 13.3. The van der Waals surface area contributed by atoms with Crippen molar-refractivity contribution in [2.45, 2.75) is 81.6 Å². The molecule has 1 fully saturated rings. The normalized spacial score (nSPS) is 16.4. The van der Waals surface area contributed by atoms with E-state index in [1.54, 1.807) is 18.2 Å². The number of rotatable bonds is 12. The van der Waals surface area contributed by atoms with Gasteiger partial charge in [0.1, 0.15) is 5.78 Å². The van der Waals surface area contributed by atoms with Gasteiger partial charge in [0.2, 0.25) is 0 Å². The van der Waals surface area contributed by atoms with Gasteiger partial charge in [-0.05, 0) is 84.4 Å². The zero-order chi connectivity index (χ0) is 27.8. The fourth-order valence-electron chi connectivity index (χ4n) is 6.16. The Hall–Kier alpha value is -3.51. The Balaban J connectivity index is 1.47. The summed E-state index contributed by atoms with van der Waals surface area (Å²) in [5.74, 6) is 0.0228. The molecule has 0 radical (unpaired) electrons. The molecule has 3 aromatic rings. The highest BCUT2D eigenvalue weighted by atomic mass is 16.5. The molecule has 4 N–H and O–H groups in total. The Morgan fingerprint density at radius 1 is 0.872 bits per heavy atom. The minimum absolute atomic E-state index is 0.00730. The molecule has 0 saturated heterocycles. The second kappa shape index (κ2) is 13.0. The molecular weight excluding hydrogens is 492 g/mol. The third-order valence-electron chi connectivity index (χ3n) is 8.26. The number of carbonyl (C=O) groups is 1. The molecule has 39 heavy (non-hydrogen) atoms. The van der Waals surface area contributed by atoms with Gasteiger partial charge in [-0.2, -0.15) is 0 Å². The third-order valence-corrected chi connectivity index (χ3v) is 8.26. The second-order valence-electron chi connectivity index (χ2n) is 11.0. The van der Waals surface area contributed by atoms with E-state index in [4.69, 9.17) is 4.74 Å². The van der Waals surface area contributed by atoms with Crippen molar-refractivity contribution in [2.75, 3.05) is 7.11 Å². The number of phenolic OH excluding ortho intramolecular Hbond substituents is 3. The average molecular weight is 533 g/mol. The molecule has 0 amide bonds. The Bertz CT molecular complexity index is 1230. The molecule has 4 rings (SSSR count). The van der Waals surface area contributed by atoms with Crippen molar-refractivity contribution in [3.63, 3.8) is 0 Å². The van der Waals surface area contributed by atoms with Gasteiger partial charge in [-0.15, -0.1) is 0 Å². The van der Waals surface area contributed by atoms with Crippen LogP contribution < -0.4 is 4.74 Å². The fraction of sp³-hybridized carbons (Fsp3) is 0.424. The van der Waals surface area contributed by atoms with Crippen molar-refractivity contribution >= 4 is 5.78 Å². The van der Waals surface area contributed by atoms with E-state index < -0.39 is 6.10 Å². The molecule has 0 aliphatic heterocycles. The van der Waals surface area contributed by atoms with Crippen LogP contribution in [0.15, 0.2) is 66.7 Å². The molecule has 6 heteroatoms. The summed E-state index contributed by atoms with van der Waals surface area (Å²) in [6.07, 6.45) is 6.42. The Kier molecular flexibility index (Phi) is 9.52. The zero-order valence-electron chi connectivity index (χ0n) is 22.7. The minimum atomic E-state index is -0.810. The zero-order valence-corrected chi connectivity index (χ0v) is 22.7. The number of methoxy groups -OCH3 is 1. The fourth-order valence-corrected chi connectivity index (χ4v) is 6.16. The largest absolute Gasteiger partial charge is 0.504 e. The number of phenols is 3. The molecule has 2 atom stereocenters. The number of aliphatic hydroxyl groups excluding tert-OH is 1. The first-order chi connectivity index (χ1) is 18.8. The molecular formula is C33H40O6. The lowest BCUT2D eigenvalue weighted by Crippen LogP contribution is -2.34. The Labute approximate surface area is 230 Å². The highest BCUT2D eigenvalue weighted by Gasteiger charge is 2.37. The number of hydrogen-bond donors (Lipinski definition) is 4. The summed E-state index contributed by atoms with van der Waals surface area (Å²) < 4.78 is 5.31. The van der Waals surface area contributed by atoms with Gasteiger partial charge in [-0.1, -0.05) is 61.7 Å². The standard InChI is InChI=1S/C33H40O6/c1-39-32-19-25(12-14-30(32)37)24(11-10-23-8-4-2-5-9-23)18-27(34)21-28(35)22-33(16-6-3-7-17-33)26-13-15-29(36)31(38)20-26/h2,4-5,8-9,12-15,19-20,24,28,35-38H,3,6-7,10-11,16-18,21-22H2,1H3. The number of ether oxygens (including phenoxy) is 1. The monoisotopic (exact) mass is 532 g/mol. The van der Waals surface area contributed by atoms with E-state index in [1.807, 2.05) is 30.3 Å². The van der Waals surface area contributed by atoms with Crippen LogP contribution in [0.5, 0.6) is 23.0 Å². The SMILES string of the molecule is COc1cc(C(CCc2ccccc2)CC(=O)CC(O)CC2(c3ccc(O)c(O)c3)CCCCC2)ccc1O. The number of aromatic hydroxyl groups is 3. The highest BCUT2D eigenvalue weighted by molar-refractivity contribution is 5.79. The summed E-state index contributed by atoms with van der Waals surface area (Å²) in [5.41, 5.74) is 2.69. The third kappa shape index (κ3) is 7.33. The minimum Gasteiger partial charge on any atom is -0.504 e. The van der Waals surface area contributed by atoms with Gasteiger partial charge in [-0.3, -0.25) is 4.79 Å². The topological polar surface area (TPSA) is 107 Å². The molecule has 0 heterocycles. The van der Waals surface area contributed by atoms with Crippen LogP contribution in [0, 0.1) is 0 Å². The molecule has 1 aliphatic rings. The van der Waals surface area contributed by atoms with Crippen LogP contribution in [0.4, 0.5) is 0 Å². The van der Waals surface area contributed by atoms with Gasteiger partial charge in [0, 0.05) is 12.8 Å². The lowest BCUT2D eigenvalue weighted by Gasteiger charge is -2.39. The van der Waals surface area contributed by atoms with Gasteiger partial charge in [-0.25, -0.2) is 0 Å². The number of carbonyl (C=O) groups excluding carboxylic acids is 1. The van der Waals surface area contributed by atoms with Gasteiger partial charge < -0.3 is 25.2 Å². The average Bonchev–Trinajstić information content (AvgIpc) is 2.93. The summed E-state index contributed by atoms with van der Waals surface area (Å²) in [5, 5.41) is 41.2. The molecule has 2 unspecified atom stereocenters. The summed E-state index contributed by atoms with van der Waals surface area (Å²) >= 11 is 0. The summed E-state index contributed by atoms with van der Waals surface area (Å²) in [7, 11) is 1.51. The number of hydrogen-bond acceptors (Lipinski definition) is 6. The maximum Gasteiger partial charge on any atom is 0.160 e. The summed E-state index contributed by atoms with van der Waals surface area (Å²) in [6, 6.07) is 20.3. The molecule has 0 aromatic heterocycles. The predicted octanol–water partition coefficient (Wildman–Crippen LogP) is 6.53. The lowest BCUT2D eigenvalue weighted by atomic mass is 9.66. The van der Waals surface area contributed by atoms with Crippen molar-refractivity contribution in [1.29, 1.82) is 0 Å². The number of aliphatic hydroxyl groups is 1. The maximum absolute atomic E-state index is 13.3. The Morgan fingerprint density at radius 2 is 1.59 bits per heavy atom. The second-order valence-corrected chi connectivity index (χ2v) is 11.0. The number of ketones is 1. The smallest absolute Gasteiger partial charge is 0.160 e. The number of benzene rings is 3. The van der Waals surface area contributed by atoms with Crippen LogP contribution >= 0.6 is 0 Å². The van der Waals surface area contributed by atoms with Crippen LogP contribution in [-0.4, -0.2) is 39.4 Å². The van der Waals surface area contributed by atoms with E-state index >= 15 is 0 Å². The molecule has 0 spiro atoms. The van der Waals surface area contributed by atoms with Crippen molar-refractivity contribution in [3.05, 3.63) is 83.4 Å². The molecule has 1 saturated carbocycles. The van der Waals surface area contributed by atoms with E-state index in [-0.39, 0.29) is 47.2 Å². The predicted molar refractivity (Wildman–Crippen MR) is 152 cm³/mol. The van der Waals surface area contributed by atoms with Crippen LogP contribution in [0.2, 0.25) is 0 Å². The quantitative estimate of drug-likeness (QED) is 0.198. The summed E-state index contributed by atoms with van der Waals surface area (Å²) in [4.78, 5) is 13.3. The van der Waals surface area contributed by atoms with Gasteiger partial charge in [0.25, 0.3) is 0 Å². The van der Waals surface area contributed by atoms with E-state index in [0.29, 0.717) is 12.2 Å². The Morgan fingerprint density at radius 3 is 2.28 bits per heavy atom. The van der Waals surface area contributed by atoms with Crippen LogP contribution in [-0.2, 0) is 16.6 Å². The first-order valence-corrected chi connectivity index (χ1v) is 13.9. The van der Waals surface area contributed by atoms with E-state index in [0.717, 1.165) is 56.1 Å². The molecule has 6 nitrogen and oxygen atoms in total. The number of Topliss-reactive ketones (excluding diaryl/α,β-unsaturated/α-hetero) is 1. The van der Waals surface area contributed by atoms with Crippen molar-refractivity contribution < 1.29 is 30.0 Å². The highest BCUT2D eigenvalue weighted by Crippen LogP contribution is 2.45. The molecule has 1 aliphatic carbocycles. The van der Waals surface area contributed by atoms with Crippen molar-refractivity contribution in [3.8, 4) is 23.0 Å². The molecule has 0 bridgehead atoms. The van der Waals surface area contributed by atoms with E-state index in [9.17, 15) is 25.2 Å². The van der Waals surface area contributed by atoms with Gasteiger partial charge in [0.05, 0.1) is 13.2 Å². The van der Waals surface area contributed by atoms with Gasteiger partial charge >= 0.3 is 0 Å². The van der Waals surface area contributed by atoms with E-state index in [2.05, 4.69) is 12.1 Å². The van der Waals surface area contributed by atoms with Crippen LogP contribution in [0.3, 0.4) is 0 Å². The first kappa shape index (κ1) is 28.5. The summed E-state index contributed by atoms with van der Waals surface area (Å²) in [6.45, 7) is 0. The van der Waals surface area contributed by atoms with E-state index in [1.165, 1.54) is 18.7 Å². The lowest BCUT2D eigenvalue weighted by molar-refractivity contribution is -0.121. The molecule has 3 aromatic carbocycles. The van der Waals surface area contributed by atoms with Crippen molar-refractivity contribution in [1.82, 2.24) is 0 Å². The number of aryl methyl sites for hydroxylation is 1. The molecule has 208 valence electrons. The van der Waals surface area contributed by atoms with Crippen molar-refractivity contribution in [2.24, 2.45) is 0 Å². The van der Waals surface area contributed by atoms with Crippen LogP contribution in [0.25, 0.3) is 0 Å². The van der Waals surface area contributed by atoms with Gasteiger partial charge in [0.15, 0.2) is 23.0 Å². The first-order valence-electron chi connectivity index (χ1n) is 13.9.